The smallest absolute Gasteiger partial charge is 0.192 e. The van der Waals surface area contributed by atoms with Gasteiger partial charge in [-0.25, -0.2) is 4.98 Å². The van der Waals surface area contributed by atoms with E-state index in [0.717, 1.165) is 41.3 Å². The van der Waals surface area contributed by atoms with Gasteiger partial charge < -0.3 is 4.42 Å². The van der Waals surface area contributed by atoms with Gasteiger partial charge in [-0.05, 0) is 25.0 Å². The molecule has 2 rings (SSSR count). The maximum atomic E-state index is 6.03. The molecule has 1 radical (unpaired) electrons. The van der Waals surface area contributed by atoms with Crippen molar-refractivity contribution in [3.63, 3.8) is 0 Å². The van der Waals surface area contributed by atoms with Crippen LogP contribution in [-0.4, -0.2) is 4.98 Å². The van der Waals surface area contributed by atoms with Crippen molar-refractivity contribution in [1.29, 1.82) is 0 Å². The van der Waals surface area contributed by atoms with E-state index in [2.05, 4.69) is 11.9 Å². The number of benzene rings is 1. The molecule has 0 bridgehead atoms. The van der Waals surface area contributed by atoms with E-state index in [1.807, 2.05) is 31.2 Å². The van der Waals surface area contributed by atoms with E-state index >= 15 is 0 Å². The quantitative estimate of drug-likeness (QED) is 0.674. The Morgan fingerprint density at radius 3 is 2.84 bits per heavy atom. The van der Waals surface area contributed by atoms with E-state index in [0.29, 0.717) is 5.89 Å². The van der Waals surface area contributed by atoms with Crippen LogP contribution >= 0.6 is 11.6 Å². The summed E-state index contributed by atoms with van der Waals surface area (Å²) in [6.45, 7) is 5.74. The molecule has 0 amide bonds. The van der Waals surface area contributed by atoms with Crippen molar-refractivity contribution in [2.24, 2.45) is 0 Å². The molecule has 0 atom stereocenters. The largest absolute Gasteiger partial charge is 0.441 e. The Hall–Kier alpha value is -1.28. The molecule has 101 valence electrons. The highest BCUT2D eigenvalue weighted by atomic mass is 35.5. The molecule has 0 aliphatic rings. The molecule has 0 saturated heterocycles. The predicted molar refractivity (Wildman–Crippen MR) is 79.2 cm³/mol. The lowest BCUT2D eigenvalue weighted by molar-refractivity contribution is 0.533. The second kappa shape index (κ2) is 6.76. The maximum absolute atomic E-state index is 6.03. The van der Waals surface area contributed by atoms with Gasteiger partial charge in [0, 0.05) is 17.5 Å². The normalized spacial score (nSPS) is 10.9. The summed E-state index contributed by atoms with van der Waals surface area (Å²) < 4.78 is 5.73. The zero-order valence-corrected chi connectivity index (χ0v) is 12.0. The molecule has 1 aromatic carbocycles. The zero-order chi connectivity index (χ0) is 13.7. The lowest BCUT2D eigenvalue weighted by atomic mass is 10.1. The third-order valence-corrected chi connectivity index (χ3v) is 3.29. The first kappa shape index (κ1) is 14.1. The van der Waals surface area contributed by atoms with E-state index < -0.39 is 0 Å². The van der Waals surface area contributed by atoms with Gasteiger partial charge in [-0.3, -0.25) is 0 Å². The molecular formula is C16H19ClNO. The summed E-state index contributed by atoms with van der Waals surface area (Å²) in [5.74, 6) is 1.57. The molecule has 0 spiro atoms. The van der Waals surface area contributed by atoms with Crippen molar-refractivity contribution >= 4 is 11.6 Å². The van der Waals surface area contributed by atoms with Crippen LogP contribution in [0.5, 0.6) is 0 Å². The summed E-state index contributed by atoms with van der Waals surface area (Å²) in [6.07, 6.45) is 5.42. The fraction of sp³-hybridized carbons (Fsp3) is 0.375. The topological polar surface area (TPSA) is 26.0 Å². The second-order valence-electron chi connectivity index (χ2n) is 4.68. The third kappa shape index (κ3) is 3.84. The number of hydrogen-bond donors (Lipinski definition) is 0. The van der Waals surface area contributed by atoms with Gasteiger partial charge in [0.1, 0.15) is 0 Å². The van der Waals surface area contributed by atoms with Crippen LogP contribution in [0.1, 0.15) is 37.3 Å². The maximum Gasteiger partial charge on any atom is 0.192 e. The molecule has 0 aliphatic carbocycles. The molecule has 1 heterocycles. The van der Waals surface area contributed by atoms with Gasteiger partial charge in [0.05, 0.1) is 5.69 Å². The minimum atomic E-state index is 0.710. The molecule has 0 saturated carbocycles. The molecule has 2 nitrogen and oxygen atoms in total. The Labute approximate surface area is 119 Å². The highest BCUT2D eigenvalue weighted by Crippen LogP contribution is 2.28. The predicted octanol–water partition coefficient (Wildman–Crippen LogP) is 5.24. The van der Waals surface area contributed by atoms with Gasteiger partial charge in [0.2, 0.25) is 0 Å². The van der Waals surface area contributed by atoms with Crippen LogP contribution in [0.2, 0.25) is 5.02 Å². The average Bonchev–Trinajstić information content (AvgIpc) is 2.76. The van der Waals surface area contributed by atoms with Gasteiger partial charge in [0.25, 0.3) is 0 Å². The Balaban J connectivity index is 2.16. The highest BCUT2D eigenvalue weighted by molar-refractivity contribution is 6.30. The van der Waals surface area contributed by atoms with Gasteiger partial charge in [-0.1, -0.05) is 49.9 Å². The summed E-state index contributed by atoms with van der Waals surface area (Å²) in [6, 6.07) is 7.72. The lowest BCUT2D eigenvalue weighted by Crippen LogP contribution is -1.90. The average molecular weight is 277 g/mol. The Bertz CT molecular complexity index is 533. The van der Waals surface area contributed by atoms with E-state index in [1.165, 1.54) is 12.8 Å². The van der Waals surface area contributed by atoms with Crippen molar-refractivity contribution in [3.8, 4) is 11.3 Å². The van der Waals surface area contributed by atoms with E-state index in [9.17, 15) is 0 Å². The Morgan fingerprint density at radius 2 is 2.11 bits per heavy atom. The van der Waals surface area contributed by atoms with Crippen LogP contribution < -0.4 is 0 Å². The summed E-state index contributed by atoms with van der Waals surface area (Å²) in [5, 5.41) is 0.717. The van der Waals surface area contributed by atoms with Gasteiger partial charge in [-0.2, -0.15) is 0 Å². The molecule has 3 heteroatoms. The number of halogens is 1. The number of unbranched alkanes of at least 4 members (excludes halogenated alkanes) is 3. The van der Waals surface area contributed by atoms with Crippen molar-refractivity contribution in [2.75, 3.05) is 0 Å². The number of oxazole rings is 1. The van der Waals surface area contributed by atoms with Crippen LogP contribution in [0.3, 0.4) is 0 Å². The van der Waals surface area contributed by atoms with Crippen molar-refractivity contribution in [3.05, 3.63) is 47.8 Å². The van der Waals surface area contributed by atoms with E-state index in [4.69, 9.17) is 16.0 Å². The minimum absolute atomic E-state index is 0.710. The molecule has 0 fully saturated rings. The SMILES string of the molecule is [CH2]CCCCCc1nc(C)oc1-c1cccc(Cl)c1. The van der Waals surface area contributed by atoms with Crippen LogP contribution in [0, 0.1) is 13.8 Å². The third-order valence-electron chi connectivity index (χ3n) is 3.05. The molecular weight excluding hydrogens is 258 g/mol. The summed E-state index contributed by atoms with van der Waals surface area (Å²) in [7, 11) is 0. The second-order valence-corrected chi connectivity index (χ2v) is 5.12. The fourth-order valence-electron chi connectivity index (χ4n) is 2.14. The van der Waals surface area contributed by atoms with Gasteiger partial charge in [0.15, 0.2) is 11.7 Å². The molecule has 2 aromatic rings. The van der Waals surface area contributed by atoms with Crippen LogP contribution in [0.4, 0.5) is 0 Å². The molecule has 0 aliphatic heterocycles. The van der Waals surface area contributed by atoms with Crippen molar-refractivity contribution in [2.45, 2.75) is 39.0 Å². The van der Waals surface area contributed by atoms with Crippen LogP contribution in [0.25, 0.3) is 11.3 Å². The standard InChI is InChI=1S/C16H19ClNO/c1-3-4-5-6-10-15-16(19-12(2)18-15)13-8-7-9-14(17)11-13/h7-9,11H,1,3-6,10H2,2H3. The first-order chi connectivity index (χ1) is 9.20. The van der Waals surface area contributed by atoms with Crippen LogP contribution in [0.15, 0.2) is 28.7 Å². The number of aryl methyl sites for hydroxylation is 2. The molecule has 0 unspecified atom stereocenters. The molecule has 1 aromatic heterocycles. The number of nitrogens with zero attached hydrogens (tertiary/aromatic N) is 1. The first-order valence-corrected chi connectivity index (χ1v) is 7.10. The number of aromatic nitrogens is 1. The van der Waals surface area contributed by atoms with Crippen LogP contribution in [-0.2, 0) is 6.42 Å². The highest BCUT2D eigenvalue weighted by Gasteiger charge is 2.13. The van der Waals surface area contributed by atoms with Gasteiger partial charge >= 0.3 is 0 Å². The van der Waals surface area contributed by atoms with E-state index in [-0.39, 0.29) is 0 Å². The van der Waals surface area contributed by atoms with Gasteiger partial charge in [-0.15, -0.1) is 0 Å². The monoisotopic (exact) mass is 276 g/mol. The zero-order valence-electron chi connectivity index (χ0n) is 11.3. The molecule has 19 heavy (non-hydrogen) atoms. The minimum Gasteiger partial charge on any atom is -0.441 e. The number of rotatable bonds is 6. The fourth-order valence-corrected chi connectivity index (χ4v) is 2.33. The first-order valence-electron chi connectivity index (χ1n) is 6.72. The summed E-state index contributed by atoms with van der Waals surface area (Å²) in [4.78, 5) is 4.49. The Kier molecular flexibility index (Phi) is 5.03. The van der Waals surface area contributed by atoms with E-state index in [1.54, 1.807) is 0 Å². The molecule has 0 N–H and O–H groups in total. The lowest BCUT2D eigenvalue weighted by Gasteiger charge is -2.02. The number of hydrogen-bond acceptors (Lipinski definition) is 2. The Morgan fingerprint density at radius 1 is 1.26 bits per heavy atom. The van der Waals surface area contributed by atoms with Crippen molar-refractivity contribution < 1.29 is 4.42 Å². The summed E-state index contributed by atoms with van der Waals surface area (Å²) >= 11 is 6.03. The van der Waals surface area contributed by atoms with Crippen molar-refractivity contribution in [1.82, 2.24) is 4.98 Å². The summed E-state index contributed by atoms with van der Waals surface area (Å²) in [5.41, 5.74) is 2.03.